The van der Waals surface area contributed by atoms with Crippen molar-refractivity contribution in [1.29, 1.82) is 0 Å². The van der Waals surface area contributed by atoms with Crippen LogP contribution in [0.25, 0.3) is 0 Å². The molecule has 0 saturated carbocycles. The number of benzene rings is 1. The van der Waals surface area contributed by atoms with Crippen molar-refractivity contribution < 1.29 is 9.59 Å². The van der Waals surface area contributed by atoms with E-state index in [2.05, 4.69) is 10.6 Å². The normalized spacial score (nSPS) is 11.7. The molecule has 5 nitrogen and oxygen atoms in total. The van der Waals surface area contributed by atoms with Crippen molar-refractivity contribution in [3.8, 4) is 0 Å². The second kappa shape index (κ2) is 7.61. The summed E-state index contributed by atoms with van der Waals surface area (Å²) in [6.07, 6.45) is 0.162. The molecule has 0 saturated heterocycles. The zero-order chi connectivity index (χ0) is 15.9. The van der Waals surface area contributed by atoms with Crippen LogP contribution in [0.1, 0.15) is 28.5 Å². The molecule has 0 unspecified atom stereocenters. The van der Waals surface area contributed by atoms with Gasteiger partial charge < -0.3 is 16.4 Å². The van der Waals surface area contributed by atoms with E-state index in [1.165, 1.54) is 16.9 Å². The van der Waals surface area contributed by atoms with Gasteiger partial charge in [0.2, 0.25) is 5.91 Å². The Morgan fingerprint density at radius 1 is 1.23 bits per heavy atom. The summed E-state index contributed by atoms with van der Waals surface area (Å²) in [4.78, 5) is 24.1. The van der Waals surface area contributed by atoms with Crippen LogP contribution in [0.3, 0.4) is 0 Å². The highest BCUT2D eigenvalue weighted by atomic mass is 32.1. The number of aryl methyl sites for hydroxylation is 1. The summed E-state index contributed by atoms with van der Waals surface area (Å²) < 4.78 is 0. The van der Waals surface area contributed by atoms with Crippen LogP contribution in [-0.2, 0) is 11.3 Å². The van der Waals surface area contributed by atoms with Crippen molar-refractivity contribution in [1.82, 2.24) is 10.6 Å². The third-order valence-electron chi connectivity index (χ3n) is 3.20. The van der Waals surface area contributed by atoms with Crippen LogP contribution in [0, 0.1) is 6.92 Å². The summed E-state index contributed by atoms with van der Waals surface area (Å²) in [5.74, 6) is -0.132. The molecule has 4 N–H and O–H groups in total. The van der Waals surface area contributed by atoms with Crippen molar-refractivity contribution >= 4 is 23.3 Å². The van der Waals surface area contributed by atoms with Gasteiger partial charge in [-0.2, -0.15) is 0 Å². The Labute approximate surface area is 133 Å². The molecule has 0 aliphatic heterocycles. The molecule has 116 valence electrons. The average molecular weight is 317 g/mol. The van der Waals surface area contributed by atoms with Gasteiger partial charge in [-0.1, -0.05) is 35.9 Å². The molecule has 1 atom stereocenters. The molecule has 1 aromatic carbocycles. The van der Waals surface area contributed by atoms with Crippen molar-refractivity contribution in [2.75, 3.05) is 0 Å². The zero-order valence-corrected chi connectivity index (χ0v) is 13.2. The minimum Gasteiger partial charge on any atom is -0.352 e. The highest BCUT2D eigenvalue weighted by Gasteiger charge is 2.18. The Morgan fingerprint density at radius 2 is 1.95 bits per heavy atom. The molecule has 6 heteroatoms. The predicted octanol–water partition coefficient (Wildman–Crippen LogP) is 2.47. The molecule has 2 rings (SSSR count). The molecule has 0 aliphatic carbocycles. The van der Waals surface area contributed by atoms with Gasteiger partial charge in [0.15, 0.2) is 0 Å². The Hall–Kier alpha value is -2.34. The quantitative estimate of drug-likeness (QED) is 0.764. The molecular weight excluding hydrogens is 298 g/mol. The average Bonchev–Trinajstić information content (AvgIpc) is 3.00. The van der Waals surface area contributed by atoms with E-state index >= 15 is 0 Å². The maximum atomic E-state index is 12.1. The smallest absolute Gasteiger partial charge is 0.312 e. The van der Waals surface area contributed by atoms with Crippen LogP contribution in [0.5, 0.6) is 0 Å². The Balaban J connectivity index is 1.90. The molecule has 0 bridgehead atoms. The first-order valence-corrected chi connectivity index (χ1v) is 7.84. The van der Waals surface area contributed by atoms with Gasteiger partial charge in [-0.25, -0.2) is 4.79 Å². The van der Waals surface area contributed by atoms with E-state index < -0.39 is 12.1 Å². The maximum Gasteiger partial charge on any atom is 0.312 e. The van der Waals surface area contributed by atoms with Crippen LogP contribution in [-0.4, -0.2) is 11.9 Å². The topological polar surface area (TPSA) is 84.2 Å². The summed E-state index contributed by atoms with van der Waals surface area (Å²) in [6.45, 7) is 2.48. The monoisotopic (exact) mass is 317 g/mol. The van der Waals surface area contributed by atoms with E-state index in [1.807, 2.05) is 48.7 Å². The molecule has 0 spiro atoms. The number of primary amides is 1. The number of carbonyl (C=O) groups excluding carboxylic acids is 2. The second-order valence-electron chi connectivity index (χ2n) is 5.04. The van der Waals surface area contributed by atoms with Crippen LogP contribution in [0.2, 0.25) is 0 Å². The fraction of sp³-hybridized carbons (Fsp3) is 0.250. The molecular formula is C16H19N3O2S. The van der Waals surface area contributed by atoms with E-state index in [1.54, 1.807) is 0 Å². The van der Waals surface area contributed by atoms with Crippen LogP contribution in [0.4, 0.5) is 4.79 Å². The molecule has 22 heavy (non-hydrogen) atoms. The van der Waals surface area contributed by atoms with Gasteiger partial charge in [-0.15, -0.1) is 11.3 Å². The molecule has 0 radical (unpaired) electrons. The van der Waals surface area contributed by atoms with Gasteiger partial charge in [-0.05, 0) is 23.9 Å². The molecule has 0 aliphatic rings. The third kappa shape index (κ3) is 4.89. The molecule has 3 amide bonds. The molecule has 1 heterocycles. The standard InChI is InChI=1S/C16H19N3O2S/c1-11-4-6-12(7-5-11)10-18-15(20)9-13(19-16(17)21)14-3-2-8-22-14/h2-8,13H,9-10H2,1H3,(H,18,20)(H3,17,19,21)/t13-/m1/s1. The summed E-state index contributed by atoms with van der Waals surface area (Å²) in [6, 6.07) is 10.7. The van der Waals surface area contributed by atoms with E-state index in [0.717, 1.165) is 10.4 Å². The molecule has 1 aromatic heterocycles. The predicted molar refractivity (Wildman–Crippen MR) is 87.4 cm³/mol. The first kappa shape index (κ1) is 16.0. The number of amides is 3. The largest absolute Gasteiger partial charge is 0.352 e. The number of hydrogen-bond donors (Lipinski definition) is 3. The number of carbonyl (C=O) groups is 2. The van der Waals surface area contributed by atoms with Gasteiger partial charge in [0.1, 0.15) is 0 Å². The fourth-order valence-electron chi connectivity index (χ4n) is 2.05. The Kier molecular flexibility index (Phi) is 5.55. The van der Waals surface area contributed by atoms with E-state index in [-0.39, 0.29) is 12.3 Å². The Morgan fingerprint density at radius 3 is 2.55 bits per heavy atom. The van der Waals surface area contributed by atoms with Crippen LogP contribution < -0.4 is 16.4 Å². The number of thiophene rings is 1. The van der Waals surface area contributed by atoms with E-state index in [4.69, 9.17) is 5.73 Å². The lowest BCUT2D eigenvalue weighted by molar-refractivity contribution is -0.121. The summed E-state index contributed by atoms with van der Waals surface area (Å²) in [5.41, 5.74) is 7.39. The third-order valence-corrected chi connectivity index (χ3v) is 4.19. The van der Waals surface area contributed by atoms with Crippen molar-refractivity contribution in [3.63, 3.8) is 0 Å². The minimum atomic E-state index is -0.635. The van der Waals surface area contributed by atoms with E-state index in [0.29, 0.717) is 6.54 Å². The summed E-state index contributed by atoms with van der Waals surface area (Å²) in [5, 5.41) is 7.36. The number of nitrogens with one attached hydrogen (secondary N) is 2. The lowest BCUT2D eigenvalue weighted by Crippen LogP contribution is -2.36. The van der Waals surface area contributed by atoms with Gasteiger partial charge in [0.05, 0.1) is 12.5 Å². The number of urea groups is 1. The van der Waals surface area contributed by atoms with Gasteiger partial charge in [0, 0.05) is 11.4 Å². The zero-order valence-electron chi connectivity index (χ0n) is 12.3. The minimum absolute atomic E-state index is 0.132. The molecule has 0 fully saturated rings. The first-order valence-electron chi connectivity index (χ1n) is 6.96. The fourth-order valence-corrected chi connectivity index (χ4v) is 2.83. The Bertz CT molecular complexity index is 623. The second-order valence-corrected chi connectivity index (χ2v) is 6.02. The lowest BCUT2D eigenvalue weighted by Gasteiger charge is -2.16. The van der Waals surface area contributed by atoms with Gasteiger partial charge in [-0.3, -0.25) is 4.79 Å². The highest BCUT2D eigenvalue weighted by molar-refractivity contribution is 7.10. The van der Waals surface area contributed by atoms with Crippen LogP contribution in [0.15, 0.2) is 41.8 Å². The highest BCUT2D eigenvalue weighted by Crippen LogP contribution is 2.21. The first-order chi connectivity index (χ1) is 10.5. The molecule has 2 aromatic rings. The van der Waals surface area contributed by atoms with Crippen molar-refractivity contribution in [2.45, 2.75) is 25.9 Å². The number of hydrogen-bond acceptors (Lipinski definition) is 3. The summed E-state index contributed by atoms with van der Waals surface area (Å²) in [7, 11) is 0. The van der Waals surface area contributed by atoms with Crippen molar-refractivity contribution in [2.24, 2.45) is 5.73 Å². The van der Waals surface area contributed by atoms with Gasteiger partial charge >= 0.3 is 6.03 Å². The maximum absolute atomic E-state index is 12.1. The van der Waals surface area contributed by atoms with Crippen molar-refractivity contribution in [3.05, 3.63) is 57.8 Å². The number of nitrogens with two attached hydrogens (primary N) is 1. The van der Waals surface area contributed by atoms with E-state index in [9.17, 15) is 9.59 Å². The SMILES string of the molecule is Cc1ccc(CNC(=O)C[C@@H](NC(N)=O)c2cccs2)cc1. The lowest BCUT2D eigenvalue weighted by atomic mass is 10.1. The van der Waals surface area contributed by atoms with Crippen LogP contribution >= 0.6 is 11.3 Å². The van der Waals surface area contributed by atoms with Gasteiger partial charge in [0.25, 0.3) is 0 Å². The summed E-state index contributed by atoms with van der Waals surface area (Å²) >= 11 is 1.48. The number of rotatable bonds is 6.